The van der Waals surface area contributed by atoms with Crippen LogP contribution in [0.1, 0.15) is 18.9 Å². The molecule has 2 N–H and O–H groups in total. The van der Waals surface area contributed by atoms with Crippen LogP contribution in [0.4, 0.5) is 17.5 Å². The van der Waals surface area contributed by atoms with Crippen LogP contribution in [0.5, 0.6) is 0 Å². The zero-order valence-corrected chi connectivity index (χ0v) is 13.6. The number of anilines is 3. The molecule has 0 unspecified atom stereocenters. The first-order chi connectivity index (χ1) is 10.7. The van der Waals surface area contributed by atoms with Gasteiger partial charge in [-0.05, 0) is 51.2 Å². The van der Waals surface area contributed by atoms with Crippen molar-refractivity contribution in [1.29, 1.82) is 0 Å². The topological polar surface area (TPSA) is 53.1 Å². The summed E-state index contributed by atoms with van der Waals surface area (Å²) in [7, 11) is 4.15. The number of rotatable bonds is 8. The van der Waals surface area contributed by atoms with Gasteiger partial charge in [0.2, 0.25) is 5.95 Å². The number of aryl methyl sites for hydroxylation is 1. The molecule has 0 saturated carbocycles. The molecule has 0 aliphatic heterocycles. The highest BCUT2D eigenvalue weighted by Gasteiger charge is 2.03. The summed E-state index contributed by atoms with van der Waals surface area (Å²) in [5.41, 5.74) is 2.38. The molecule has 1 aromatic heterocycles. The van der Waals surface area contributed by atoms with Gasteiger partial charge in [0, 0.05) is 18.4 Å². The van der Waals surface area contributed by atoms with Gasteiger partial charge in [0.05, 0.1) is 0 Å². The van der Waals surface area contributed by atoms with Gasteiger partial charge in [-0.2, -0.15) is 4.98 Å². The summed E-state index contributed by atoms with van der Waals surface area (Å²) in [6, 6.07) is 10.2. The quantitative estimate of drug-likeness (QED) is 0.733. The van der Waals surface area contributed by atoms with Gasteiger partial charge in [0.25, 0.3) is 0 Å². The van der Waals surface area contributed by atoms with E-state index in [4.69, 9.17) is 0 Å². The molecule has 0 amide bonds. The normalized spacial score (nSPS) is 10.7. The maximum Gasteiger partial charge on any atom is 0.224 e. The third kappa shape index (κ3) is 5.00. The van der Waals surface area contributed by atoms with Gasteiger partial charge in [0.15, 0.2) is 0 Å². The molecule has 0 spiro atoms. The summed E-state index contributed by atoms with van der Waals surface area (Å²) in [6.07, 6.45) is 3.83. The van der Waals surface area contributed by atoms with E-state index in [1.165, 1.54) is 5.56 Å². The maximum absolute atomic E-state index is 4.51. The van der Waals surface area contributed by atoms with E-state index in [0.717, 1.165) is 37.4 Å². The number of benzene rings is 1. The van der Waals surface area contributed by atoms with E-state index >= 15 is 0 Å². The molecule has 0 radical (unpaired) electrons. The van der Waals surface area contributed by atoms with Crippen molar-refractivity contribution in [3.05, 3.63) is 42.1 Å². The lowest BCUT2D eigenvalue weighted by Crippen LogP contribution is -2.17. The Labute approximate surface area is 132 Å². The van der Waals surface area contributed by atoms with Crippen molar-refractivity contribution in [3.8, 4) is 0 Å². The number of hydrogen-bond donors (Lipinski definition) is 2. The lowest BCUT2D eigenvalue weighted by atomic mass is 10.1. The lowest BCUT2D eigenvalue weighted by molar-refractivity contribution is 0.405. The van der Waals surface area contributed by atoms with Gasteiger partial charge in [-0.25, -0.2) is 4.98 Å². The second-order valence-corrected chi connectivity index (χ2v) is 5.48. The summed E-state index contributed by atoms with van der Waals surface area (Å²) in [5.74, 6) is 1.48. The summed E-state index contributed by atoms with van der Waals surface area (Å²) in [5, 5.41) is 6.64. The van der Waals surface area contributed by atoms with E-state index in [9.17, 15) is 0 Å². The third-order valence-corrected chi connectivity index (χ3v) is 3.38. The second-order valence-electron chi connectivity index (χ2n) is 5.48. The smallest absolute Gasteiger partial charge is 0.224 e. The van der Waals surface area contributed by atoms with Crippen LogP contribution in [0.2, 0.25) is 0 Å². The van der Waals surface area contributed by atoms with Crippen molar-refractivity contribution in [1.82, 2.24) is 14.9 Å². The molecule has 0 saturated heterocycles. The molecule has 2 aromatic rings. The third-order valence-electron chi connectivity index (χ3n) is 3.38. The average Bonchev–Trinajstić information content (AvgIpc) is 2.52. The van der Waals surface area contributed by atoms with Crippen LogP contribution in [0.25, 0.3) is 0 Å². The SMILES string of the molecule is CCc1ccccc1Nc1ccnc(NCCCN(C)C)n1. The fourth-order valence-electron chi connectivity index (χ4n) is 2.20. The molecule has 0 aliphatic rings. The van der Waals surface area contributed by atoms with E-state index < -0.39 is 0 Å². The van der Waals surface area contributed by atoms with E-state index in [1.54, 1.807) is 6.20 Å². The Hall–Kier alpha value is -2.14. The van der Waals surface area contributed by atoms with Crippen LogP contribution in [0, 0.1) is 0 Å². The molecule has 5 heteroatoms. The maximum atomic E-state index is 4.51. The summed E-state index contributed by atoms with van der Waals surface area (Å²) < 4.78 is 0. The number of aromatic nitrogens is 2. The predicted molar refractivity (Wildman–Crippen MR) is 92.8 cm³/mol. The molecule has 0 fully saturated rings. The van der Waals surface area contributed by atoms with Gasteiger partial charge in [-0.3, -0.25) is 0 Å². The molecule has 0 aliphatic carbocycles. The van der Waals surface area contributed by atoms with Crippen LogP contribution < -0.4 is 10.6 Å². The van der Waals surface area contributed by atoms with Crippen molar-refractivity contribution in [3.63, 3.8) is 0 Å². The van der Waals surface area contributed by atoms with Gasteiger partial charge in [0.1, 0.15) is 5.82 Å². The van der Waals surface area contributed by atoms with E-state index in [-0.39, 0.29) is 0 Å². The molecule has 118 valence electrons. The minimum atomic E-state index is 0.665. The fourth-order valence-corrected chi connectivity index (χ4v) is 2.20. The summed E-state index contributed by atoms with van der Waals surface area (Å²) >= 11 is 0. The van der Waals surface area contributed by atoms with Crippen LogP contribution in [-0.4, -0.2) is 42.1 Å². The first-order valence-corrected chi connectivity index (χ1v) is 7.75. The Kier molecular flexibility index (Phi) is 6.15. The van der Waals surface area contributed by atoms with Gasteiger partial charge in [-0.1, -0.05) is 25.1 Å². The minimum absolute atomic E-state index is 0.665. The van der Waals surface area contributed by atoms with Crippen LogP contribution in [-0.2, 0) is 6.42 Å². The lowest BCUT2D eigenvalue weighted by Gasteiger charge is -2.12. The number of nitrogens with one attached hydrogen (secondary N) is 2. The molecule has 0 bridgehead atoms. The number of para-hydroxylation sites is 1. The van der Waals surface area contributed by atoms with Crippen LogP contribution in [0.3, 0.4) is 0 Å². The largest absolute Gasteiger partial charge is 0.354 e. The van der Waals surface area contributed by atoms with E-state index in [1.807, 2.05) is 12.1 Å². The second kappa shape index (κ2) is 8.34. The van der Waals surface area contributed by atoms with Gasteiger partial charge in [-0.15, -0.1) is 0 Å². The highest BCUT2D eigenvalue weighted by atomic mass is 15.1. The molecule has 22 heavy (non-hydrogen) atoms. The van der Waals surface area contributed by atoms with Crippen molar-refractivity contribution in [2.24, 2.45) is 0 Å². The highest BCUT2D eigenvalue weighted by molar-refractivity contribution is 5.61. The van der Waals surface area contributed by atoms with Crippen molar-refractivity contribution in [2.75, 3.05) is 37.8 Å². The Morgan fingerprint density at radius 3 is 2.73 bits per heavy atom. The molecule has 0 atom stereocenters. The molecule has 5 nitrogen and oxygen atoms in total. The minimum Gasteiger partial charge on any atom is -0.354 e. The van der Waals surface area contributed by atoms with Crippen LogP contribution >= 0.6 is 0 Å². The molecular formula is C17H25N5. The summed E-state index contributed by atoms with van der Waals surface area (Å²) in [6.45, 7) is 4.07. The van der Waals surface area contributed by atoms with Gasteiger partial charge < -0.3 is 15.5 Å². The Balaban J connectivity index is 1.96. The molecular weight excluding hydrogens is 274 g/mol. The highest BCUT2D eigenvalue weighted by Crippen LogP contribution is 2.20. The average molecular weight is 299 g/mol. The zero-order chi connectivity index (χ0) is 15.8. The Bertz CT molecular complexity index is 583. The first-order valence-electron chi connectivity index (χ1n) is 7.75. The first kappa shape index (κ1) is 16.2. The predicted octanol–water partition coefficient (Wildman–Crippen LogP) is 3.15. The monoisotopic (exact) mass is 299 g/mol. The van der Waals surface area contributed by atoms with Gasteiger partial charge >= 0.3 is 0 Å². The summed E-state index contributed by atoms with van der Waals surface area (Å²) in [4.78, 5) is 10.9. The molecule has 1 heterocycles. The Morgan fingerprint density at radius 2 is 1.95 bits per heavy atom. The number of hydrogen-bond acceptors (Lipinski definition) is 5. The standard InChI is InChI=1S/C17H25N5/c1-4-14-8-5-6-9-15(14)20-16-10-12-19-17(21-16)18-11-7-13-22(2)3/h5-6,8-10,12H,4,7,11,13H2,1-3H3,(H2,18,19,20,21). The van der Waals surface area contributed by atoms with Crippen molar-refractivity contribution >= 4 is 17.5 Å². The van der Waals surface area contributed by atoms with Crippen molar-refractivity contribution < 1.29 is 0 Å². The fraction of sp³-hybridized carbons (Fsp3) is 0.412. The molecule has 2 rings (SSSR count). The molecule has 1 aromatic carbocycles. The van der Waals surface area contributed by atoms with Crippen molar-refractivity contribution in [2.45, 2.75) is 19.8 Å². The van der Waals surface area contributed by atoms with E-state index in [2.05, 4.69) is 64.7 Å². The Morgan fingerprint density at radius 1 is 1.14 bits per heavy atom. The van der Waals surface area contributed by atoms with Crippen LogP contribution in [0.15, 0.2) is 36.5 Å². The van der Waals surface area contributed by atoms with E-state index in [0.29, 0.717) is 5.95 Å². The number of nitrogens with zero attached hydrogens (tertiary/aromatic N) is 3. The zero-order valence-electron chi connectivity index (χ0n) is 13.6.